The molecule has 0 fully saturated rings. The predicted molar refractivity (Wildman–Crippen MR) is 349 cm³/mol. The minimum Gasteiger partial charge on any atom is -0.462 e. The standard InChI is InChI=1S/C74H136O6/c1-4-7-10-13-16-19-22-25-27-28-29-30-31-32-33-34-35-36-37-38-39-40-41-42-43-44-45-47-49-52-55-58-61-64-67-73(76)79-70-71(69-78-72(75)66-63-60-57-54-51-48-24-21-18-15-12-9-6-3)80-74(77)68-65-62-59-56-53-50-46-26-23-20-17-14-11-8-5-2/h8,11,17,20-21,24,26,46,71H,4-7,9-10,12-16,18-19,22-23,25,27-45,47-70H2,1-3H3/b11-8-,20-17-,24-21-,46-26-. The Labute approximate surface area is 498 Å². The highest BCUT2D eigenvalue weighted by molar-refractivity contribution is 5.71. The fraction of sp³-hybridized carbons (Fsp3) is 0.851. The molecule has 1 atom stereocenters. The summed E-state index contributed by atoms with van der Waals surface area (Å²) in [6.07, 6.45) is 87.4. The fourth-order valence-electron chi connectivity index (χ4n) is 10.8. The SMILES string of the molecule is CC/C=C\C/C=C\C/C=C\CCCCCCCC(=O)OC(COC(=O)CCCCCCC/C=C\CCCCCC)COC(=O)CCCCCCCCCCCCCCCCCCCCCCCCCCCCCCCCCCCC. The van der Waals surface area contributed by atoms with Crippen molar-refractivity contribution >= 4 is 17.9 Å². The van der Waals surface area contributed by atoms with Crippen molar-refractivity contribution in [3.8, 4) is 0 Å². The summed E-state index contributed by atoms with van der Waals surface area (Å²) in [6, 6.07) is 0. The van der Waals surface area contributed by atoms with Crippen LogP contribution in [0.2, 0.25) is 0 Å². The molecule has 0 aromatic rings. The Balaban J connectivity index is 4.06. The van der Waals surface area contributed by atoms with Gasteiger partial charge in [-0.25, -0.2) is 0 Å². The first kappa shape index (κ1) is 77.4. The van der Waals surface area contributed by atoms with Crippen molar-refractivity contribution < 1.29 is 28.6 Å². The second-order valence-electron chi connectivity index (χ2n) is 24.1. The lowest BCUT2D eigenvalue weighted by molar-refractivity contribution is -0.167. The van der Waals surface area contributed by atoms with Crippen LogP contribution in [0.1, 0.15) is 387 Å². The summed E-state index contributed by atoms with van der Waals surface area (Å²) in [7, 11) is 0. The third kappa shape index (κ3) is 66.2. The first-order valence-corrected chi connectivity index (χ1v) is 35.6. The van der Waals surface area contributed by atoms with Gasteiger partial charge in [-0.1, -0.05) is 339 Å². The second kappa shape index (κ2) is 68.9. The van der Waals surface area contributed by atoms with Crippen LogP contribution in [-0.4, -0.2) is 37.2 Å². The smallest absolute Gasteiger partial charge is 0.306 e. The van der Waals surface area contributed by atoms with Crippen LogP contribution in [0.25, 0.3) is 0 Å². The highest BCUT2D eigenvalue weighted by atomic mass is 16.6. The van der Waals surface area contributed by atoms with Gasteiger partial charge in [0.1, 0.15) is 13.2 Å². The van der Waals surface area contributed by atoms with Gasteiger partial charge in [0.05, 0.1) is 0 Å². The van der Waals surface area contributed by atoms with E-state index >= 15 is 0 Å². The van der Waals surface area contributed by atoms with Crippen molar-refractivity contribution in [1.82, 2.24) is 0 Å². The lowest BCUT2D eigenvalue weighted by Crippen LogP contribution is -2.30. The minimum absolute atomic E-state index is 0.0794. The molecule has 468 valence electrons. The van der Waals surface area contributed by atoms with Gasteiger partial charge in [-0.05, 0) is 77.0 Å². The third-order valence-electron chi connectivity index (χ3n) is 16.1. The lowest BCUT2D eigenvalue weighted by Gasteiger charge is -2.18. The molecule has 6 nitrogen and oxygen atoms in total. The Morgan fingerprint density at radius 1 is 0.263 bits per heavy atom. The Morgan fingerprint density at radius 2 is 0.487 bits per heavy atom. The second-order valence-corrected chi connectivity index (χ2v) is 24.1. The van der Waals surface area contributed by atoms with Crippen molar-refractivity contribution in [2.75, 3.05) is 13.2 Å². The summed E-state index contributed by atoms with van der Waals surface area (Å²) in [6.45, 7) is 6.55. The quantitative estimate of drug-likeness (QED) is 0.0261. The van der Waals surface area contributed by atoms with Crippen molar-refractivity contribution in [2.24, 2.45) is 0 Å². The Hall–Kier alpha value is -2.63. The van der Waals surface area contributed by atoms with E-state index in [4.69, 9.17) is 14.2 Å². The molecule has 0 aliphatic rings. The fourth-order valence-corrected chi connectivity index (χ4v) is 10.8. The highest BCUT2D eigenvalue weighted by Gasteiger charge is 2.19. The molecule has 0 saturated heterocycles. The van der Waals surface area contributed by atoms with Crippen LogP contribution in [0, 0.1) is 0 Å². The van der Waals surface area contributed by atoms with Gasteiger partial charge in [0.25, 0.3) is 0 Å². The summed E-state index contributed by atoms with van der Waals surface area (Å²) in [5.74, 6) is -0.885. The van der Waals surface area contributed by atoms with Crippen molar-refractivity contribution in [3.05, 3.63) is 48.6 Å². The van der Waals surface area contributed by atoms with Crippen molar-refractivity contribution in [1.29, 1.82) is 0 Å². The zero-order valence-corrected chi connectivity index (χ0v) is 53.9. The number of hydrogen-bond donors (Lipinski definition) is 0. The van der Waals surface area contributed by atoms with Crippen molar-refractivity contribution in [3.63, 3.8) is 0 Å². The number of carbonyl (C=O) groups is 3. The molecule has 6 heteroatoms. The zero-order chi connectivity index (χ0) is 57.8. The first-order chi connectivity index (χ1) is 39.5. The van der Waals surface area contributed by atoms with Crippen LogP contribution in [0.3, 0.4) is 0 Å². The van der Waals surface area contributed by atoms with E-state index in [1.165, 1.54) is 244 Å². The maximum absolute atomic E-state index is 12.9. The molecule has 0 radical (unpaired) electrons. The van der Waals surface area contributed by atoms with Crippen molar-refractivity contribution in [2.45, 2.75) is 393 Å². The minimum atomic E-state index is -0.785. The van der Waals surface area contributed by atoms with Gasteiger partial charge < -0.3 is 14.2 Å². The number of rotatable bonds is 66. The van der Waals surface area contributed by atoms with Gasteiger partial charge in [0, 0.05) is 19.3 Å². The van der Waals surface area contributed by atoms with Crippen LogP contribution >= 0.6 is 0 Å². The molecule has 0 amide bonds. The van der Waals surface area contributed by atoms with Gasteiger partial charge >= 0.3 is 17.9 Å². The number of unbranched alkanes of at least 4 members (excludes halogenated alkanes) is 47. The van der Waals surface area contributed by atoms with Crippen LogP contribution in [-0.2, 0) is 28.6 Å². The summed E-state index contributed by atoms with van der Waals surface area (Å²) in [4.78, 5) is 38.3. The zero-order valence-electron chi connectivity index (χ0n) is 53.9. The maximum atomic E-state index is 12.9. The summed E-state index contributed by atoms with van der Waals surface area (Å²) in [5, 5.41) is 0. The van der Waals surface area contributed by atoms with Crippen LogP contribution in [0.15, 0.2) is 48.6 Å². The van der Waals surface area contributed by atoms with E-state index in [0.29, 0.717) is 19.3 Å². The van der Waals surface area contributed by atoms with E-state index in [0.717, 1.165) is 103 Å². The maximum Gasteiger partial charge on any atom is 0.306 e. The third-order valence-corrected chi connectivity index (χ3v) is 16.1. The molecule has 0 aromatic carbocycles. The van der Waals surface area contributed by atoms with Crippen LogP contribution in [0.4, 0.5) is 0 Å². The van der Waals surface area contributed by atoms with Gasteiger partial charge in [0.15, 0.2) is 6.10 Å². The van der Waals surface area contributed by atoms with Gasteiger partial charge in [-0.2, -0.15) is 0 Å². The molecule has 0 aliphatic heterocycles. The predicted octanol–water partition coefficient (Wildman–Crippen LogP) is 24.5. The molecule has 80 heavy (non-hydrogen) atoms. The van der Waals surface area contributed by atoms with Gasteiger partial charge in [-0.15, -0.1) is 0 Å². The van der Waals surface area contributed by atoms with E-state index < -0.39 is 6.10 Å². The molecule has 0 spiro atoms. The molecule has 0 aliphatic carbocycles. The summed E-state index contributed by atoms with van der Waals surface area (Å²) in [5.41, 5.74) is 0. The molecule has 1 unspecified atom stereocenters. The largest absolute Gasteiger partial charge is 0.462 e. The lowest BCUT2D eigenvalue weighted by atomic mass is 10.0. The number of ether oxygens (including phenoxy) is 3. The highest BCUT2D eigenvalue weighted by Crippen LogP contribution is 2.19. The molecule has 0 aromatic heterocycles. The monoisotopic (exact) mass is 1120 g/mol. The van der Waals surface area contributed by atoms with E-state index in [1.807, 2.05) is 0 Å². The number of allylic oxidation sites excluding steroid dienone is 8. The normalized spacial score (nSPS) is 12.3. The van der Waals surface area contributed by atoms with Gasteiger partial charge in [0.2, 0.25) is 0 Å². The molecule has 0 heterocycles. The Morgan fingerprint density at radius 3 is 0.787 bits per heavy atom. The molecule has 0 bridgehead atoms. The topological polar surface area (TPSA) is 78.9 Å². The number of carbonyl (C=O) groups excluding carboxylic acids is 3. The average molecular weight is 1120 g/mol. The Kier molecular flexibility index (Phi) is 66.6. The van der Waals surface area contributed by atoms with E-state index in [2.05, 4.69) is 69.4 Å². The van der Waals surface area contributed by atoms with Gasteiger partial charge in [-0.3, -0.25) is 14.4 Å². The average Bonchev–Trinajstić information content (AvgIpc) is 3.46. The summed E-state index contributed by atoms with van der Waals surface area (Å²) < 4.78 is 16.9. The molecule has 0 saturated carbocycles. The molecular formula is C74H136O6. The Bertz CT molecular complexity index is 1380. The van der Waals surface area contributed by atoms with E-state index in [9.17, 15) is 14.4 Å². The van der Waals surface area contributed by atoms with E-state index in [-0.39, 0.29) is 31.1 Å². The first-order valence-electron chi connectivity index (χ1n) is 35.6. The molecular weight excluding hydrogens is 985 g/mol. The van der Waals surface area contributed by atoms with Crippen LogP contribution < -0.4 is 0 Å². The molecule has 0 N–H and O–H groups in total. The number of hydrogen-bond acceptors (Lipinski definition) is 6. The summed E-state index contributed by atoms with van der Waals surface area (Å²) >= 11 is 0. The number of esters is 3. The molecule has 0 rings (SSSR count). The van der Waals surface area contributed by atoms with E-state index in [1.54, 1.807) is 0 Å². The van der Waals surface area contributed by atoms with Crippen LogP contribution in [0.5, 0.6) is 0 Å².